The van der Waals surface area contributed by atoms with Crippen molar-refractivity contribution in [1.82, 2.24) is 5.32 Å². The number of para-hydroxylation sites is 1. The van der Waals surface area contributed by atoms with Gasteiger partial charge in [-0.3, -0.25) is 9.10 Å². The lowest BCUT2D eigenvalue weighted by Gasteiger charge is -2.26. The van der Waals surface area contributed by atoms with E-state index in [-0.39, 0.29) is 18.5 Å². The van der Waals surface area contributed by atoms with Crippen LogP contribution >= 0.6 is 0 Å². The fourth-order valence-electron chi connectivity index (χ4n) is 2.95. The molecular formula is C22H30N2O3S. The third-order valence-corrected chi connectivity index (χ3v) is 6.10. The minimum absolute atomic E-state index is 0.0805. The first kappa shape index (κ1) is 22.0. The Hall–Kier alpha value is -2.34. The number of nitrogens with zero attached hydrogens (tertiary/aromatic N) is 1. The van der Waals surface area contributed by atoms with E-state index >= 15 is 0 Å². The van der Waals surface area contributed by atoms with E-state index in [1.807, 2.05) is 39.0 Å². The zero-order valence-corrected chi connectivity index (χ0v) is 18.3. The molecule has 0 aliphatic carbocycles. The van der Waals surface area contributed by atoms with Crippen molar-refractivity contribution >= 4 is 21.6 Å². The summed E-state index contributed by atoms with van der Waals surface area (Å²) in [6, 6.07) is 12.9. The number of hydrogen-bond acceptors (Lipinski definition) is 3. The molecule has 6 heteroatoms. The average molecular weight is 403 g/mol. The molecule has 5 nitrogen and oxygen atoms in total. The molecule has 0 bridgehead atoms. The van der Waals surface area contributed by atoms with Gasteiger partial charge >= 0.3 is 0 Å². The van der Waals surface area contributed by atoms with Crippen molar-refractivity contribution in [2.24, 2.45) is 5.92 Å². The highest BCUT2D eigenvalue weighted by atomic mass is 32.2. The zero-order valence-electron chi connectivity index (χ0n) is 17.5. The maximum Gasteiger partial charge on any atom is 0.251 e. The molecule has 0 spiro atoms. The largest absolute Gasteiger partial charge is 0.349 e. The van der Waals surface area contributed by atoms with E-state index in [0.717, 1.165) is 16.7 Å². The monoisotopic (exact) mass is 402 g/mol. The van der Waals surface area contributed by atoms with Crippen LogP contribution in [0.5, 0.6) is 0 Å². The summed E-state index contributed by atoms with van der Waals surface area (Å²) in [5.41, 5.74) is 3.90. The lowest BCUT2D eigenvalue weighted by molar-refractivity contribution is 0.0930. The van der Waals surface area contributed by atoms with Crippen LogP contribution in [-0.2, 0) is 16.6 Å². The van der Waals surface area contributed by atoms with Crippen LogP contribution in [0.3, 0.4) is 0 Å². The van der Waals surface area contributed by atoms with Gasteiger partial charge in [0.25, 0.3) is 5.91 Å². The molecule has 1 N–H and O–H groups in total. The molecule has 2 aromatic carbocycles. The number of aryl methyl sites for hydroxylation is 2. The van der Waals surface area contributed by atoms with Crippen LogP contribution in [0.25, 0.3) is 0 Å². The van der Waals surface area contributed by atoms with Gasteiger partial charge in [-0.2, -0.15) is 0 Å². The first-order valence-electron chi connectivity index (χ1n) is 9.44. The highest BCUT2D eigenvalue weighted by molar-refractivity contribution is 7.92. The van der Waals surface area contributed by atoms with E-state index in [9.17, 15) is 13.2 Å². The number of rotatable bonds is 7. The predicted octanol–water partition coefficient (Wildman–Crippen LogP) is 4.04. The highest BCUT2D eigenvalue weighted by Crippen LogP contribution is 2.28. The number of nitrogens with one attached hydrogen (secondary N) is 1. The summed E-state index contributed by atoms with van der Waals surface area (Å²) < 4.78 is 26.3. The third-order valence-electron chi connectivity index (χ3n) is 4.99. The Kier molecular flexibility index (Phi) is 6.88. The molecule has 0 fully saturated rings. The summed E-state index contributed by atoms with van der Waals surface area (Å²) in [6.07, 6.45) is 1.22. The molecule has 1 atom stereocenters. The molecule has 0 aliphatic heterocycles. The molecule has 0 heterocycles. The van der Waals surface area contributed by atoms with Gasteiger partial charge in [-0.15, -0.1) is 0 Å². The normalized spacial score (nSPS) is 12.7. The summed E-state index contributed by atoms with van der Waals surface area (Å²) in [4.78, 5) is 12.3. The number of anilines is 1. The van der Waals surface area contributed by atoms with Gasteiger partial charge in [-0.05, 0) is 55.5 Å². The smallest absolute Gasteiger partial charge is 0.251 e. The maximum atomic E-state index is 12.5. The topological polar surface area (TPSA) is 66.5 Å². The molecule has 0 saturated carbocycles. The highest BCUT2D eigenvalue weighted by Gasteiger charge is 2.21. The minimum atomic E-state index is -3.46. The van der Waals surface area contributed by atoms with Crippen LogP contribution in [0.15, 0.2) is 42.5 Å². The molecule has 2 aromatic rings. The second-order valence-electron chi connectivity index (χ2n) is 7.71. The summed E-state index contributed by atoms with van der Waals surface area (Å²) in [5, 5.41) is 2.98. The molecule has 0 unspecified atom stereocenters. The van der Waals surface area contributed by atoms with E-state index in [2.05, 4.69) is 19.2 Å². The number of sulfonamides is 1. The Morgan fingerprint density at radius 3 is 2.00 bits per heavy atom. The van der Waals surface area contributed by atoms with Crippen molar-refractivity contribution in [2.45, 2.75) is 47.2 Å². The second-order valence-corrected chi connectivity index (χ2v) is 9.62. The molecule has 0 aliphatic rings. The number of carbonyl (C=O) groups excluding carboxylic acids is 1. The van der Waals surface area contributed by atoms with E-state index in [1.54, 1.807) is 24.3 Å². The first-order chi connectivity index (χ1) is 13.0. The summed E-state index contributed by atoms with van der Waals surface area (Å²) in [7, 11) is -3.46. The van der Waals surface area contributed by atoms with Crippen LogP contribution in [0, 0.1) is 19.8 Å². The van der Waals surface area contributed by atoms with E-state index in [1.165, 1.54) is 10.6 Å². The van der Waals surface area contributed by atoms with Crippen molar-refractivity contribution in [1.29, 1.82) is 0 Å². The Balaban J connectivity index is 2.26. The van der Waals surface area contributed by atoms with Crippen LogP contribution < -0.4 is 9.62 Å². The second kappa shape index (κ2) is 8.78. The van der Waals surface area contributed by atoms with Gasteiger partial charge in [0.1, 0.15) is 0 Å². The van der Waals surface area contributed by atoms with Crippen molar-refractivity contribution in [2.75, 3.05) is 10.6 Å². The number of carbonyl (C=O) groups is 1. The zero-order chi connectivity index (χ0) is 21.1. The molecule has 2 rings (SSSR count). The van der Waals surface area contributed by atoms with Crippen LogP contribution in [-0.4, -0.2) is 26.6 Å². The van der Waals surface area contributed by atoms with Gasteiger partial charge in [0.2, 0.25) is 10.0 Å². The number of hydrogen-bond donors (Lipinski definition) is 1. The molecule has 1 amide bonds. The van der Waals surface area contributed by atoms with Crippen molar-refractivity contribution in [3.05, 3.63) is 64.7 Å². The Morgan fingerprint density at radius 1 is 1.00 bits per heavy atom. The van der Waals surface area contributed by atoms with Gasteiger partial charge in [0, 0.05) is 11.6 Å². The third kappa shape index (κ3) is 5.35. The molecule has 28 heavy (non-hydrogen) atoms. The standard InChI is InChI=1S/C22H30N2O3S/c1-15(2)18(5)23-22(25)20-12-10-19(11-13-20)14-24(28(6,26)27)21-16(3)8-7-9-17(21)4/h7-13,15,18H,14H2,1-6H3,(H,23,25)/t18-/m1/s1. The number of amides is 1. The van der Waals surface area contributed by atoms with E-state index in [0.29, 0.717) is 17.2 Å². The quantitative estimate of drug-likeness (QED) is 0.760. The van der Waals surface area contributed by atoms with E-state index in [4.69, 9.17) is 0 Å². The Labute approximate surface area is 168 Å². The lowest BCUT2D eigenvalue weighted by Crippen LogP contribution is -2.36. The first-order valence-corrected chi connectivity index (χ1v) is 11.3. The maximum absolute atomic E-state index is 12.5. The Bertz CT molecular complexity index is 915. The van der Waals surface area contributed by atoms with E-state index < -0.39 is 10.0 Å². The minimum Gasteiger partial charge on any atom is -0.349 e. The lowest BCUT2D eigenvalue weighted by atomic mass is 10.1. The fraction of sp³-hybridized carbons (Fsp3) is 0.409. The van der Waals surface area contributed by atoms with Crippen molar-refractivity contribution in [3.63, 3.8) is 0 Å². The van der Waals surface area contributed by atoms with Gasteiger partial charge < -0.3 is 5.32 Å². The Morgan fingerprint density at radius 2 is 1.54 bits per heavy atom. The predicted molar refractivity (Wildman–Crippen MR) is 115 cm³/mol. The molecule has 0 saturated heterocycles. The fourth-order valence-corrected chi connectivity index (χ4v) is 3.95. The van der Waals surface area contributed by atoms with Crippen LogP contribution in [0.1, 0.15) is 47.8 Å². The van der Waals surface area contributed by atoms with Crippen molar-refractivity contribution < 1.29 is 13.2 Å². The summed E-state index contributed by atoms with van der Waals surface area (Å²) >= 11 is 0. The summed E-state index contributed by atoms with van der Waals surface area (Å²) in [5.74, 6) is 0.228. The van der Waals surface area contributed by atoms with Crippen LogP contribution in [0.2, 0.25) is 0 Å². The van der Waals surface area contributed by atoms with Crippen molar-refractivity contribution in [3.8, 4) is 0 Å². The molecule has 0 aromatic heterocycles. The van der Waals surface area contributed by atoms with Gasteiger partial charge in [0.15, 0.2) is 0 Å². The molecule has 152 valence electrons. The van der Waals surface area contributed by atoms with Crippen LogP contribution in [0.4, 0.5) is 5.69 Å². The summed E-state index contributed by atoms with van der Waals surface area (Å²) in [6.45, 7) is 10.1. The van der Waals surface area contributed by atoms with Gasteiger partial charge in [0.05, 0.1) is 18.5 Å². The van der Waals surface area contributed by atoms with Gasteiger partial charge in [-0.1, -0.05) is 44.2 Å². The van der Waals surface area contributed by atoms with Gasteiger partial charge in [-0.25, -0.2) is 8.42 Å². The molecule has 0 radical (unpaired) electrons. The number of benzene rings is 2. The SMILES string of the molecule is Cc1cccc(C)c1N(Cc1ccc(C(=O)N[C@H](C)C(C)C)cc1)S(C)(=O)=O. The molecular weight excluding hydrogens is 372 g/mol. The average Bonchev–Trinajstić information content (AvgIpc) is 2.60.